The minimum atomic E-state index is -0.874. The van der Waals surface area contributed by atoms with Crippen LogP contribution in [0.2, 0.25) is 0 Å². The maximum absolute atomic E-state index is 13.8. The van der Waals surface area contributed by atoms with Gasteiger partial charge in [-0.15, -0.1) is 0 Å². The lowest BCUT2D eigenvalue weighted by atomic mass is 10.1. The van der Waals surface area contributed by atoms with E-state index in [0.717, 1.165) is 18.9 Å². The maximum Gasteiger partial charge on any atom is 0.201 e. The molecule has 3 nitrogen and oxygen atoms in total. The fourth-order valence-corrected chi connectivity index (χ4v) is 2.06. The first-order valence-electron chi connectivity index (χ1n) is 6.10. The van der Waals surface area contributed by atoms with Crippen LogP contribution in [0.15, 0.2) is 12.1 Å². The van der Waals surface area contributed by atoms with Crippen molar-refractivity contribution < 1.29 is 8.78 Å². The molecule has 0 saturated carbocycles. The van der Waals surface area contributed by atoms with Gasteiger partial charge in [0.2, 0.25) is 5.95 Å². The van der Waals surface area contributed by atoms with Gasteiger partial charge in [-0.05, 0) is 30.9 Å². The van der Waals surface area contributed by atoms with Gasteiger partial charge in [0.1, 0.15) is 5.52 Å². The second-order valence-corrected chi connectivity index (χ2v) is 4.89. The zero-order valence-corrected chi connectivity index (χ0v) is 10.6. The van der Waals surface area contributed by atoms with Gasteiger partial charge < -0.3 is 10.3 Å². The molecule has 1 aromatic carbocycles. The predicted octanol–water partition coefficient (Wildman–Crippen LogP) is 3.33. The number of halogens is 2. The number of nitrogens with zero attached hydrogens (tertiary/aromatic N) is 2. The number of anilines is 1. The van der Waals surface area contributed by atoms with Gasteiger partial charge >= 0.3 is 0 Å². The summed E-state index contributed by atoms with van der Waals surface area (Å²) in [7, 11) is 0. The predicted molar refractivity (Wildman–Crippen MR) is 68.1 cm³/mol. The van der Waals surface area contributed by atoms with Crippen LogP contribution in [0.25, 0.3) is 11.0 Å². The summed E-state index contributed by atoms with van der Waals surface area (Å²) in [4.78, 5) is 4.05. The van der Waals surface area contributed by atoms with Crippen LogP contribution >= 0.6 is 0 Å². The normalized spacial score (nSPS) is 11.6. The standard InChI is InChI=1S/C13H17F2N3/c1-8(2)4-3-7-18-12-10(17-13(18)16)6-5-9(14)11(12)15/h5-6,8H,3-4,7H2,1-2H3,(H2,16,17). The molecular weight excluding hydrogens is 236 g/mol. The van der Waals surface area contributed by atoms with Gasteiger partial charge in [-0.1, -0.05) is 13.8 Å². The average molecular weight is 253 g/mol. The van der Waals surface area contributed by atoms with Crippen molar-refractivity contribution in [3.63, 3.8) is 0 Å². The number of benzene rings is 1. The summed E-state index contributed by atoms with van der Waals surface area (Å²) in [5.41, 5.74) is 6.31. The number of hydrogen-bond acceptors (Lipinski definition) is 2. The van der Waals surface area contributed by atoms with E-state index in [2.05, 4.69) is 18.8 Å². The number of nitrogen functional groups attached to an aromatic ring is 1. The third-order valence-electron chi connectivity index (χ3n) is 2.99. The first-order valence-corrected chi connectivity index (χ1v) is 6.10. The molecular formula is C13H17F2N3. The molecule has 0 unspecified atom stereocenters. The molecule has 0 aliphatic carbocycles. The molecule has 0 saturated heterocycles. The van der Waals surface area contributed by atoms with E-state index in [9.17, 15) is 8.78 Å². The highest BCUT2D eigenvalue weighted by Crippen LogP contribution is 2.23. The van der Waals surface area contributed by atoms with Crippen molar-refractivity contribution >= 4 is 17.0 Å². The Bertz CT molecular complexity index is 561. The van der Waals surface area contributed by atoms with Gasteiger partial charge in [-0.3, -0.25) is 0 Å². The van der Waals surface area contributed by atoms with E-state index >= 15 is 0 Å². The molecule has 0 aliphatic rings. The highest BCUT2D eigenvalue weighted by molar-refractivity contribution is 5.79. The SMILES string of the molecule is CC(C)CCCn1c(N)nc2ccc(F)c(F)c21. The van der Waals surface area contributed by atoms with E-state index in [0.29, 0.717) is 18.0 Å². The lowest BCUT2D eigenvalue weighted by molar-refractivity contribution is 0.499. The Labute approximate surface area is 105 Å². The van der Waals surface area contributed by atoms with Crippen LogP contribution in [-0.4, -0.2) is 9.55 Å². The Balaban J connectivity index is 2.36. The summed E-state index contributed by atoms with van der Waals surface area (Å²) in [5.74, 6) is -0.936. The van der Waals surface area contributed by atoms with E-state index in [-0.39, 0.29) is 11.5 Å². The number of fused-ring (bicyclic) bond motifs is 1. The monoisotopic (exact) mass is 253 g/mol. The van der Waals surface area contributed by atoms with Crippen molar-refractivity contribution in [2.24, 2.45) is 5.92 Å². The second-order valence-electron chi connectivity index (χ2n) is 4.89. The van der Waals surface area contributed by atoms with Gasteiger partial charge in [-0.2, -0.15) is 0 Å². The van der Waals surface area contributed by atoms with Gasteiger partial charge in [-0.25, -0.2) is 13.8 Å². The number of aryl methyl sites for hydroxylation is 1. The van der Waals surface area contributed by atoms with Crippen molar-refractivity contribution in [1.29, 1.82) is 0 Å². The molecule has 0 atom stereocenters. The summed E-state index contributed by atoms with van der Waals surface area (Å²) in [6.45, 7) is 4.80. The van der Waals surface area contributed by atoms with Crippen LogP contribution in [0.1, 0.15) is 26.7 Å². The summed E-state index contributed by atoms with van der Waals surface area (Å²) in [6, 6.07) is 2.52. The molecule has 2 aromatic rings. The van der Waals surface area contributed by atoms with E-state index in [4.69, 9.17) is 5.73 Å². The number of hydrogen-bond donors (Lipinski definition) is 1. The van der Waals surface area contributed by atoms with Crippen LogP contribution in [0.4, 0.5) is 14.7 Å². The van der Waals surface area contributed by atoms with Gasteiger partial charge in [0.05, 0.1) is 5.52 Å². The van der Waals surface area contributed by atoms with Crippen LogP contribution in [-0.2, 0) is 6.54 Å². The average Bonchev–Trinajstić information content (AvgIpc) is 2.61. The van der Waals surface area contributed by atoms with Crippen LogP contribution in [0, 0.1) is 17.6 Å². The third-order valence-corrected chi connectivity index (χ3v) is 2.99. The molecule has 0 spiro atoms. The second kappa shape index (κ2) is 4.92. The fourth-order valence-electron chi connectivity index (χ4n) is 2.06. The molecule has 2 rings (SSSR count). The zero-order chi connectivity index (χ0) is 13.3. The highest BCUT2D eigenvalue weighted by atomic mass is 19.2. The van der Waals surface area contributed by atoms with E-state index < -0.39 is 11.6 Å². The number of nitrogens with two attached hydrogens (primary N) is 1. The van der Waals surface area contributed by atoms with Crippen LogP contribution < -0.4 is 5.73 Å². The lowest BCUT2D eigenvalue weighted by Crippen LogP contribution is -2.05. The lowest BCUT2D eigenvalue weighted by Gasteiger charge is -2.08. The minimum absolute atomic E-state index is 0.163. The van der Waals surface area contributed by atoms with Crippen molar-refractivity contribution in [3.05, 3.63) is 23.8 Å². The summed E-state index contributed by atoms with van der Waals surface area (Å²) >= 11 is 0. The molecule has 1 aromatic heterocycles. The van der Waals surface area contributed by atoms with Crippen molar-refractivity contribution in [1.82, 2.24) is 9.55 Å². The van der Waals surface area contributed by atoms with E-state index in [1.165, 1.54) is 6.07 Å². The highest BCUT2D eigenvalue weighted by Gasteiger charge is 2.15. The van der Waals surface area contributed by atoms with E-state index in [1.54, 1.807) is 4.57 Å². The van der Waals surface area contributed by atoms with Gasteiger partial charge in [0, 0.05) is 6.54 Å². The number of aromatic nitrogens is 2. The Morgan fingerprint density at radius 2 is 2.06 bits per heavy atom. The Hall–Kier alpha value is -1.65. The molecule has 2 N–H and O–H groups in total. The zero-order valence-electron chi connectivity index (χ0n) is 10.6. The minimum Gasteiger partial charge on any atom is -0.369 e. The van der Waals surface area contributed by atoms with Crippen molar-refractivity contribution in [2.75, 3.05) is 5.73 Å². The van der Waals surface area contributed by atoms with Gasteiger partial charge in [0.25, 0.3) is 0 Å². The molecule has 0 bridgehead atoms. The number of imidazole rings is 1. The quantitative estimate of drug-likeness (QED) is 0.908. The van der Waals surface area contributed by atoms with Crippen molar-refractivity contribution in [3.8, 4) is 0 Å². The molecule has 0 aliphatic heterocycles. The molecule has 5 heteroatoms. The largest absolute Gasteiger partial charge is 0.369 e. The third kappa shape index (κ3) is 2.30. The smallest absolute Gasteiger partial charge is 0.201 e. The van der Waals surface area contributed by atoms with Crippen LogP contribution in [0.3, 0.4) is 0 Å². The van der Waals surface area contributed by atoms with Gasteiger partial charge in [0.15, 0.2) is 11.6 Å². The Morgan fingerprint density at radius 1 is 1.33 bits per heavy atom. The number of rotatable bonds is 4. The Morgan fingerprint density at radius 3 is 2.72 bits per heavy atom. The van der Waals surface area contributed by atoms with E-state index in [1.807, 2.05) is 0 Å². The fraction of sp³-hybridized carbons (Fsp3) is 0.462. The molecule has 1 heterocycles. The molecule has 0 fully saturated rings. The molecule has 18 heavy (non-hydrogen) atoms. The molecule has 98 valence electrons. The molecule has 0 radical (unpaired) electrons. The topological polar surface area (TPSA) is 43.8 Å². The first-order chi connectivity index (χ1) is 8.50. The first kappa shape index (κ1) is 12.8. The maximum atomic E-state index is 13.8. The summed E-state index contributed by atoms with van der Waals surface area (Å²) in [6.07, 6.45) is 1.87. The van der Waals surface area contributed by atoms with Crippen LogP contribution in [0.5, 0.6) is 0 Å². The molecule has 0 amide bonds. The summed E-state index contributed by atoms with van der Waals surface area (Å²) in [5, 5.41) is 0. The van der Waals surface area contributed by atoms with Crippen molar-refractivity contribution in [2.45, 2.75) is 33.2 Å². The summed E-state index contributed by atoms with van der Waals surface area (Å²) < 4.78 is 28.5. The Kier molecular flexibility index (Phi) is 3.50.